The van der Waals surface area contributed by atoms with Gasteiger partial charge in [-0.25, -0.2) is 4.79 Å². The van der Waals surface area contributed by atoms with E-state index in [4.69, 9.17) is 26.0 Å². The van der Waals surface area contributed by atoms with Gasteiger partial charge in [0.2, 0.25) is 0 Å². The van der Waals surface area contributed by atoms with Gasteiger partial charge >= 0.3 is 12.1 Å². The Morgan fingerprint density at radius 2 is 1.86 bits per heavy atom. The Bertz CT molecular complexity index is 912. The summed E-state index contributed by atoms with van der Waals surface area (Å²) in [6.45, 7) is 0. The van der Waals surface area contributed by atoms with E-state index < -0.39 is 30.1 Å². The normalized spacial score (nSPS) is 17.0. The van der Waals surface area contributed by atoms with Crippen molar-refractivity contribution in [1.82, 2.24) is 5.32 Å². The first-order valence-electron chi connectivity index (χ1n) is 8.47. The molecule has 3 rings (SSSR count). The van der Waals surface area contributed by atoms with E-state index in [-0.39, 0.29) is 12.8 Å². The third-order valence-electron chi connectivity index (χ3n) is 4.19. The van der Waals surface area contributed by atoms with E-state index in [1.165, 1.54) is 0 Å². The molecule has 6 N–H and O–H groups in total. The highest BCUT2D eigenvalue weighted by Crippen LogP contribution is 2.29. The minimum atomic E-state index is -1.06. The number of carbonyl (C=O) groups excluding carboxylic acids is 2. The molecule has 28 heavy (non-hydrogen) atoms. The van der Waals surface area contributed by atoms with Crippen LogP contribution in [0.2, 0.25) is 0 Å². The van der Waals surface area contributed by atoms with Crippen LogP contribution >= 0.6 is 0 Å². The van der Waals surface area contributed by atoms with Gasteiger partial charge in [0.1, 0.15) is 17.5 Å². The molecule has 9 nitrogen and oxygen atoms in total. The summed E-state index contributed by atoms with van der Waals surface area (Å²) < 4.78 is 10.6. The maximum absolute atomic E-state index is 11.6. The monoisotopic (exact) mass is 385 g/mol. The van der Waals surface area contributed by atoms with Crippen molar-refractivity contribution in [2.45, 2.75) is 25.0 Å². The van der Waals surface area contributed by atoms with Gasteiger partial charge in [-0.3, -0.25) is 14.9 Å². The number of hydrogen-bond acceptors (Lipinski definition) is 7. The van der Waals surface area contributed by atoms with Crippen molar-refractivity contribution < 1.29 is 29.0 Å². The number of carbonyl (C=O) groups is 3. The first-order chi connectivity index (χ1) is 13.3. The molecule has 2 unspecified atom stereocenters. The zero-order chi connectivity index (χ0) is 20.3. The number of carboxylic acid groups (broad SMARTS) is 1. The Kier molecular flexibility index (Phi) is 5.46. The fraction of sp³-hybridized carbons (Fsp3) is 0.211. The van der Waals surface area contributed by atoms with Gasteiger partial charge in [0.05, 0.1) is 5.69 Å². The number of nitrogen functional groups attached to an aromatic ring is 1. The molecule has 1 saturated heterocycles. The lowest BCUT2D eigenvalue weighted by Crippen LogP contribution is -2.32. The van der Waals surface area contributed by atoms with E-state index in [0.29, 0.717) is 17.2 Å². The maximum atomic E-state index is 11.6. The van der Waals surface area contributed by atoms with Crippen LogP contribution in [0.25, 0.3) is 0 Å². The average molecular weight is 385 g/mol. The summed E-state index contributed by atoms with van der Waals surface area (Å²) in [5.41, 5.74) is 13.4. The number of nitrogens with one attached hydrogen (secondary N) is 1. The van der Waals surface area contributed by atoms with Crippen LogP contribution in [0, 0.1) is 0 Å². The number of hydrogen-bond donors (Lipinski definition) is 4. The topological polar surface area (TPSA) is 154 Å². The van der Waals surface area contributed by atoms with Gasteiger partial charge < -0.3 is 26.0 Å². The van der Waals surface area contributed by atoms with Gasteiger partial charge in [-0.05, 0) is 41.8 Å². The summed E-state index contributed by atoms with van der Waals surface area (Å²) in [7, 11) is 0. The van der Waals surface area contributed by atoms with E-state index >= 15 is 0 Å². The molecule has 2 amide bonds. The van der Waals surface area contributed by atoms with Crippen molar-refractivity contribution >= 4 is 23.7 Å². The lowest BCUT2D eigenvalue weighted by Gasteiger charge is -2.12. The lowest BCUT2D eigenvalue weighted by atomic mass is 10.1. The number of aliphatic carboxylic acids is 1. The molecule has 2 aromatic carbocycles. The Morgan fingerprint density at radius 1 is 1.18 bits per heavy atom. The molecule has 1 fully saturated rings. The first-order valence-corrected chi connectivity index (χ1v) is 8.47. The number of benzene rings is 2. The van der Waals surface area contributed by atoms with E-state index in [2.05, 4.69) is 5.32 Å². The largest absolute Gasteiger partial charge is 0.480 e. The van der Waals surface area contributed by atoms with E-state index in [1.54, 1.807) is 42.5 Å². The number of carboxylic acids is 1. The first kappa shape index (κ1) is 19.2. The highest BCUT2D eigenvalue weighted by Gasteiger charge is 2.32. The summed E-state index contributed by atoms with van der Waals surface area (Å²) in [6.07, 6.45) is -1.20. The van der Waals surface area contributed by atoms with Gasteiger partial charge in [0.15, 0.2) is 6.10 Å². The Hall–Kier alpha value is -3.59. The number of nitrogens with two attached hydrogens (primary N) is 2. The Balaban J connectivity index is 1.64. The summed E-state index contributed by atoms with van der Waals surface area (Å²) in [6, 6.07) is 10.9. The van der Waals surface area contributed by atoms with Crippen LogP contribution in [-0.4, -0.2) is 35.2 Å². The van der Waals surface area contributed by atoms with Gasteiger partial charge in [-0.15, -0.1) is 0 Å². The highest BCUT2D eigenvalue weighted by atomic mass is 16.6. The van der Waals surface area contributed by atoms with Crippen LogP contribution in [0.15, 0.2) is 42.5 Å². The summed E-state index contributed by atoms with van der Waals surface area (Å²) in [4.78, 5) is 33.4. The number of imide groups is 1. The number of rotatable bonds is 7. The molecule has 2 aromatic rings. The van der Waals surface area contributed by atoms with E-state index in [9.17, 15) is 14.4 Å². The molecule has 0 saturated carbocycles. The maximum Gasteiger partial charge on any atom is 0.414 e. The average Bonchev–Trinajstić information content (AvgIpc) is 2.96. The third kappa shape index (κ3) is 4.57. The van der Waals surface area contributed by atoms with Crippen LogP contribution in [0.4, 0.5) is 10.5 Å². The van der Waals surface area contributed by atoms with Crippen LogP contribution in [-0.2, 0) is 27.2 Å². The molecule has 0 bridgehead atoms. The number of ether oxygens (including phenoxy) is 2. The van der Waals surface area contributed by atoms with Crippen molar-refractivity contribution in [3.8, 4) is 11.5 Å². The molecule has 2 atom stereocenters. The zero-order valence-electron chi connectivity index (χ0n) is 14.8. The molecule has 1 aliphatic rings. The van der Waals surface area contributed by atoms with Crippen LogP contribution in [0.1, 0.15) is 11.1 Å². The van der Waals surface area contributed by atoms with Gasteiger partial charge in [0, 0.05) is 6.42 Å². The molecule has 9 heteroatoms. The van der Waals surface area contributed by atoms with Gasteiger partial charge in [-0.1, -0.05) is 18.2 Å². The third-order valence-corrected chi connectivity index (χ3v) is 4.19. The Labute approximate surface area is 160 Å². The number of alkyl carbamates (subject to hydrolysis) is 1. The second-order valence-corrected chi connectivity index (χ2v) is 6.35. The fourth-order valence-electron chi connectivity index (χ4n) is 2.72. The molecule has 0 radical (unpaired) electrons. The van der Waals surface area contributed by atoms with Crippen molar-refractivity contribution in [1.29, 1.82) is 0 Å². The molecular formula is C19H19N3O6. The Morgan fingerprint density at radius 3 is 2.43 bits per heavy atom. The highest BCUT2D eigenvalue weighted by molar-refractivity contribution is 6.00. The number of cyclic esters (lactones) is 1. The van der Waals surface area contributed by atoms with Crippen molar-refractivity contribution in [3.63, 3.8) is 0 Å². The molecule has 0 aromatic heterocycles. The second kappa shape index (κ2) is 7.97. The number of anilines is 1. The fourth-order valence-corrected chi connectivity index (χ4v) is 2.72. The van der Waals surface area contributed by atoms with Crippen LogP contribution in [0.5, 0.6) is 11.5 Å². The van der Waals surface area contributed by atoms with Crippen molar-refractivity contribution in [3.05, 3.63) is 53.6 Å². The quantitative estimate of drug-likeness (QED) is 0.518. The van der Waals surface area contributed by atoms with E-state index in [0.717, 1.165) is 11.1 Å². The summed E-state index contributed by atoms with van der Waals surface area (Å²) in [5.74, 6) is -0.590. The molecular weight excluding hydrogens is 366 g/mol. The summed E-state index contributed by atoms with van der Waals surface area (Å²) in [5, 5.41) is 10.9. The van der Waals surface area contributed by atoms with Crippen molar-refractivity contribution in [2.75, 3.05) is 5.73 Å². The zero-order valence-corrected chi connectivity index (χ0v) is 14.8. The number of amides is 2. The molecule has 146 valence electrons. The second-order valence-electron chi connectivity index (χ2n) is 6.35. The minimum absolute atomic E-state index is 0.209. The van der Waals surface area contributed by atoms with Crippen LogP contribution in [0.3, 0.4) is 0 Å². The standard InChI is InChI=1S/C19H19N3O6/c20-13-8-11(9-16-17(23)22-19(26)28-16)3-6-15(13)27-12-4-1-10(2-5-12)7-14(21)18(24)25/h1-6,8,14,16H,7,9,20-21H2,(H,24,25)(H,22,23,26). The lowest BCUT2D eigenvalue weighted by molar-refractivity contribution is -0.138. The van der Waals surface area contributed by atoms with Crippen molar-refractivity contribution in [2.24, 2.45) is 5.73 Å². The molecule has 1 aliphatic heterocycles. The molecule has 0 aliphatic carbocycles. The minimum Gasteiger partial charge on any atom is -0.480 e. The predicted molar refractivity (Wildman–Crippen MR) is 98.8 cm³/mol. The van der Waals surface area contributed by atoms with Gasteiger partial charge in [0.25, 0.3) is 5.91 Å². The van der Waals surface area contributed by atoms with Gasteiger partial charge in [-0.2, -0.15) is 0 Å². The van der Waals surface area contributed by atoms with Crippen LogP contribution < -0.4 is 21.5 Å². The predicted octanol–water partition coefficient (Wildman–Crippen LogP) is 1.19. The SMILES string of the molecule is Nc1cc(CC2OC(=O)NC2=O)ccc1Oc1ccc(CC(N)C(=O)O)cc1. The van der Waals surface area contributed by atoms with E-state index in [1.807, 2.05) is 0 Å². The smallest absolute Gasteiger partial charge is 0.414 e. The molecule has 1 heterocycles. The molecule has 0 spiro atoms. The summed E-state index contributed by atoms with van der Waals surface area (Å²) >= 11 is 0.